The molecule has 0 spiro atoms. The van der Waals surface area contributed by atoms with E-state index in [-0.39, 0.29) is 11.7 Å². The van der Waals surface area contributed by atoms with E-state index in [1.54, 1.807) is 0 Å². The van der Waals surface area contributed by atoms with Gasteiger partial charge in [-0.1, -0.05) is 12.1 Å². The van der Waals surface area contributed by atoms with Crippen LogP contribution in [0.1, 0.15) is 19.5 Å². The molecule has 5 heteroatoms. The van der Waals surface area contributed by atoms with Crippen LogP contribution in [0.15, 0.2) is 29.1 Å². The Labute approximate surface area is 117 Å². The summed E-state index contributed by atoms with van der Waals surface area (Å²) in [5, 5.41) is 0. The molecule has 1 saturated heterocycles. The van der Waals surface area contributed by atoms with Crippen LogP contribution in [-0.2, 0) is 11.3 Å². The van der Waals surface area contributed by atoms with E-state index in [1.807, 2.05) is 24.3 Å². The molecule has 2 aromatic rings. The summed E-state index contributed by atoms with van der Waals surface area (Å²) in [5.74, 6) is 0. The Kier molecular flexibility index (Phi) is 3.54. The maximum absolute atomic E-state index is 12.1. The third-order valence-electron chi connectivity index (χ3n) is 3.76. The van der Waals surface area contributed by atoms with E-state index < -0.39 is 0 Å². The second-order valence-electron chi connectivity index (χ2n) is 5.45. The highest BCUT2D eigenvalue weighted by Crippen LogP contribution is 2.14. The number of benzene rings is 1. The van der Waals surface area contributed by atoms with Crippen molar-refractivity contribution in [1.29, 1.82) is 0 Å². The van der Waals surface area contributed by atoms with Crippen LogP contribution in [-0.4, -0.2) is 40.2 Å². The van der Waals surface area contributed by atoms with Crippen molar-refractivity contribution in [2.75, 3.05) is 13.2 Å². The minimum atomic E-state index is -0.102. The molecule has 2 atom stereocenters. The molecular weight excluding hydrogens is 254 g/mol. The van der Waals surface area contributed by atoms with Crippen molar-refractivity contribution in [2.45, 2.75) is 32.5 Å². The fourth-order valence-electron chi connectivity index (χ4n) is 2.56. The van der Waals surface area contributed by atoms with Gasteiger partial charge < -0.3 is 9.72 Å². The van der Waals surface area contributed by atoms with Crippen molar-refractivity contribution in [3.8, 4) is 0 Å². The van der Waals surface area contributed by atoms with E-state index in [1.165, 1.54) is 0 Å². The Bertz CT molecular complexity index is 667. The summed E-state index contributed by atoms with van der Waals surface area (Å²) < 4.78 is 5.61. The zero-order valence-electron chi connectivity index (χ0n) is 11.8. The highest BCUT2D eigenvalue weighted by atomic mass is 16.5. The van der Waals surface area contributed by atoms with E-state index in [9.17, 15) is 4.79 Å². The number of hydrogen-bond donors (Lipinski definition) is 1. The predicted octanol–water partition coefficient (Wildman–Crippen LogP) is 1.53. The minimum Gasteiger partial charge on any atom is -0.376 e. The van der Waals surface area contributed by atoms with Gasteiger partial charge >= 0.3 is 0 Å². The zero-order chi connectivity index (χ0) is 14.1. The van der Waals surface area contributed by atoms with E-state index in [2.05, 4.69) is 28.7 Å². The minimum absolute atomic E-state index is 0.102. The summed E-state index contributed by atoms with van der Waals surface area (Å²) >= 11 is 0. The lowest BCUT2D eigenvalue weighted by Gasteiger charge is -2.36. The van der Waals surface area contributed by atoms with E-state index in [4.69, 9.17) is 4.74 Å². The first-order chi connectivity index (χ1) is 9.63. The first-order valence-electron chi connectivity index (χ1n) is 6.97. The van der Waals surface area contributed by atoms with Gasteiger partial charge in [0.15, 0.2) is 0 Å². The van der Waals surface area contributed by atoms with Crippen LogP contribution in [0.2, 0.25) is 0 Å². The second kappa shape index (κ2) is 5.34. The molecule has 0 radical (unpaired) electrons. The molecular formula is C15H19N3O2. The number of aromatic amines is 1. The van der Waals surface area contributed by atoms with Crippen LogP contribution in [0.3, 0.4) is 0 Å². The summed E-state index contributed by atoms with van der Waals surface area (Å²) in [7, 11) is 0. The number of rotatable bonds is 2. The molecule has 1 aromatic heterocycles. The highest BCUT2D eigenvalue weighted by molar-refractivity contribution is 5.73. The van der Waals surface area contributed by atoms with Crippen LogP contribution < -0.4 is 5.56 Å². The number of aromatic nitrogens is 2. The molecule has 1 N–H and O–H groups in total. The lowest BCUT2D eigenvalue weighted by molar-refractivity contribution is -0.0531. The molecule has 0 unspecified atom stereocenters. The van der Waals surface area contributed by atoms with Crippen LogP contribution in [0.5, 0.6) is 0 Å². The number of nitrogens with zero attached hydrogens (tertiary/aromatic N) is 2. The van der Waals surface area contributed by atoms with Gasteiger partial charge in [0.05, 0.1) is 23.7 Å². The molecule has 2 heterocycles. The Morgan fingerprint density at radius 2 is 2.20 bits per heavy atom. The molecule has 106 valence electrons. The van der Waals surface area contributed by atoms with Gasteiger partial charge in [-0.05, 0) is 26.0 Å². The number of fused-ring (bicyclic) bond motifs is 1. The summed E-state index contributed by atoms with van der Waals surface area (Å²) in [6.07, 6.45) is 0.200. The first-order valence-corrected chi connectivity index (χ1v) is 6.97. The summed E-state index contributed by atoms with van der Waals surface area (Å²) in [6, 6.07) is 7.91. The average Bonchev–Trinajstić information content (AvgIpc) is 2.43. The molecule has 5 nitrogen and oxygen atoms in total. The smallest absolute Gasteiger partial charge is 0.271 e. The van der Waals surface area contributed by atoms with Crippen molar-refractivity contribution in [3.63, 3.8) is 0 Å². The van der Waals surface area contributed by atoms with Crippen molar-refractivity contribution in [3.05, 3.63) is 40.3 Å². The van der Waals surface area contributed by atoms with E-state index in [0.717, 1.165) is 17.6 Å². The molecule has 0 bridgehead atoms. The standard InChI is InChI=1S/C15H19N3O2/c1-10-9-20-11(2)7-18(10)8-14-15(19)17-13-6-4-3-5-12(13)16-14/h3-6,10-11H,7-9H2,1-2H3,(H,17,19)/t10-,11+/m0/s1. The van der Waals surface area contributed by atoms with Crippen molar-refractivity contribution >= 4 is 11.0 Å². The quantitative estimate of drug-likeness (QED) is 0.901. The summed E-state index contributed by atoms with van der Waals surface area (Å²) in [4.78, 5) is 21.8. The lowest BCUT2D eigenvalue weighted by Crippen LogP contribution is -2.47. The fraction of sp³-hybridized carbons (Fsp3) is 0.467. The Morgan fingerprint density at radius 1 is 1.40 bits per heavy atom. The zero-order valence-corrected chi connectivity index (χ0v) is 11.8. The number of hydrogen-bond acceptors (Lipinski definition) is 4. The molecule has 1 aliphatic heterocycles. The molecule has 1 fully saturated rings. The van der Waals surface area contributed by atoms with E-state index in [0.29, 0.717) is 24.9 Å². The molecule has 0 saturated carbocycles. The van der Waals surface area contributed by atoms with Crippen LogP contribution in [0, 0.1) is 0 Å². The maximum Gasteiger partial charge on any atom is 0.271 e. The predicted molar refractivity (Wildman–Crippen MR) is 77.6 cm³/mol. The van der Waals surface area contributed by atoms with Crippen molar-refractivity contribution in [1.82, 2.24) is 14.9 Å². The average molecular weight is 273 g/mol. The third kappa shape index (κ3) is 2.59. The van der Waals surface area contributed by atoms with Gasteiger partial charge in [-0.3, -0.25) is 9.69 Å². The SMILES string of the molecule is C[C@@H]1CN(Cc2nc3ccccc3[nH]c2=O)[C@@H](C)CO1. The number of ether oxygens (including phenoxy) is 1. The molecule has 1 aliphatic rings. The summed E-state index contributed by atoms with van der Waals surface area (Å²) in [6.45, 7) is 6.26. The van der Waals surface area contributed by atoms with Crippen LogP contribution >= 0.6 is 0 Å². The van der Waals surface area contributed by atoms with Crippen molar-refractivity contribution in [2.24, 2.45) is 0 Å². The molecule has 20 heavy (non-hydrogen) atoms. The van der Waals surface area contributed by atoms with Gasteiger partial charge in [0.2, 0.25) is 0 Å². The van der Waals surface area contributed by atoms with Crippen molar-refractivity contribution < 1.29 is 4.74 Å². The van der Waals surface area contributed by atoms with Gasteiger partial charge in [0, 0.05) is 19.1 Å². The highest BCUT2D eigenvalue weighted by Gasteiger charge is 2.24. The normalized spacial score (nSPS) is 24.1. The number of H-pyrrole nitrogens is 1. The Balaban J connectivity index is 1.90. The maximum atomic E-state index is 12.1. The molecule has 1 aromatic carbocycles. The number of morpholine rings is 1. The lowest BCUT2D eigenvalue weighted by atomic mass is 10.2. The van der Waals surface area contributed by atoms with Gasteiger partial charge in [-0.15, -0.1) is 0 Å². The second-order valence-corrected chi connectivity index (χ2v) is 5.45. The first kappa shape index (κ1) is 13.3. The van der Waals surface area contributed by atoms with Gasteiger partial charge in [0.25, 0.3) is 5.56 Å². The fourth-order valence-corrected chi connectivity index (χ4v) is 2.56. The molecule has 3 rings (SSSR count). The third-order valence-corrected chi connectivity index (χ3v) is 3.76. The Morgan fingerprint density at radius 3 is 3.05 bits per heavy atom. The number of nitrogens with one attached hydrogen (secondary N) is 1. The monoisotopic (exact) mass is 273 g/mol. The largest absolute Gasteiger partial charge is 0.376 e. The summed E-state index contributed by atoms with van der Waals surface area (Å²) in [5.41, 5.74) is 2.08. The molecule has 0 amide bonds. The Hall–Kier alpha value is -1.72. The number of para-hydroxylation sites is 2. The molecule has 0 aliphatic carbocycles. The van der Waals surface area contributed by atoms with Gasteiger partial charge in [0.1, 0.15) is 5.69 Å². The van der Waals surface area contributed by atoms with Crippen LogP contribution in [0.4, 0.5) is 0 Å². The van der Waals surface area contributed by atoms with Gasteiger partial charge in [-0.2, -0.15) is 0 Å². The van der Waals surface area contributed by atoms with Gasteiger partial charge in [-0.25, -0.2) is 4.98 Å². The van der Waals surface area contributed by atoms with E-state index >= 15 is 0 Å². The van der Waals surface area contributed by atoms with Crippen LogP contribution in [0.25, 0.3) is 11.0 Å². The topological polar surface area (TPSA) is 58.2 Å².